The number of ether oxygens (including phenoxy) is 1. The van der Waals surface area contributed by atoms with Crippen LogP contribution in [-0.4, -0.2) is 19.6 Å². The highest BCUT2D eigenvalue weighted by Gasteiger charge is 2.05. The molecule has 0 fully saturated rings. The first-order valence-corrected chi connectivity index (χ1v) is 5.32. The van der Waals surface area contributed by atoms with Crippen molar-refractivity contribution in [2.45, 2.75) is 6.42 Å². The number of benzene rings is 1. The summed E-state index contributed by atoms with van der Waals surface area (Å²) < 4.78 is 6.20. The van der Waals surface area contributed by atoms with Gasteiger partial charge < -0.3 is 15.8 Å². The number of para-hydroxylation sites is 1. The SMILES string of the molecule is CNC(=O)CCOc1c(N)cccc1Br. The Kier molecular flexibility index (Phi) is 4.42. The average Bonchev–Trinajstić information content (AvgIpc) is 2.22. The van der Waals surface area contributed by atoms with Crippen molar-refractivity contribution in [2.75, 3.05) is 19.4 Å². The van der Waals surface area contributed by atoms with Gasteiger partial charge in [-0.25, -0.2) is 0 Å². The van der Waals surface area contributed by atoms with Gasteiger partial charge in [0.1, 0.15) is 0 Å². The molecule has 0 saturated heterocycles. The van der Waals surface area contributed by atoms with Crippen LogP contribution in [0.1, 0.15) is 6.42 Å². The topological polar surface area (TPSA) is 64.3 Å². The molecule has 1 aromatic rings. The van der Waals surface area contributed by atoms with E-state index in [9.17, 15) is 4.79 Å². The average molecular weight is 273 g/mol. The zero-order chi connectivity index (χ0) is 11.3. The van der Waals surface area contributed by atoms with E-state index in [0.717, 1.165) is 4.47 Å². The minimum atomic E-state index is -0.0550. The van der Waals surface area contributed by atoms with E-state index in [2.05, 4.69) is 21.2 Å². The number of anilines is 1. The summed E-state index contributed by atoms with van der Waals surface area (Å²) in [5.74, 6) is 0.530. The molecule has 0 bridgehead atoms. The van der Waals surface area contributed by atoms with Crippen LogP contribution in [0.4, 0.5) is 5.69 Å². The molecule has 82 valence electrons. The van der Waals surface area contributed by atoms with Crippen molar-refractivity contribution in [2.24, 2.45) is 0 Å². The molecular weight excluding hydrogens is 260 g/mol. The van der Waals surface area contributed by atoms with Gasteiger partial charge in [-0.05, 0) is 28.1 Å². The maximum Gasteiger partial charge on any atom is 0.223 e. The first kappa shape index (κ1) is 11.8. The van der Waals surface area contributed by atoms with Crippen LogP contribution in [0.2, 0.25) is 0 Å². The van der Waals surface area contributed by atoms with Crippen molar-refractivity contribution in [3.63, 3.8) is 0 Å². The van der Waals surface area contributed by atoms with E-state index < -0.39 is 0 Å². The predicted molar refractivity (Wildman–Crippen MR) is 62.7 cm³/mol. The molecule has 0 unspecified atom stereocenters. The van der Waals surface area contributed by atoms with E-state index >= 15 is 0 Å². The Hall–Kier alpha value is -1.23. The summed E-state index contributed by atoms with van der Waals surface area (Å²) in [7, 11) is 1.59. The normalized spacial score (nSPS) is 9.73. The minimum absolute atomic E-state index is 0.0550. The number of nitrogens with one attached hydrogen (secondary N) is 1. The molecule has 0 aliphatic carbocycles. The van der Waals surface area contributed by atoms with E-state index in [0.29, 0.717) is 24.5 Å². The first-order valence-electron chi connectivity index (χ1n) is 4.52. The van der Waals surface area contributed by atoms with Gasteiger partial charge in [-0.2, -0.15) is 0 Å². The zero-order valence-corrected chi connectivity index (χ0v) is 10.0. The summed E-state index contributed by atoms with van der Waals surface area (Å²) in [6, 6.07) is 5.41. The second-order valence-corrected chi connectivity index (χ2v) is 3.78. The molecule has 15 heavy (non-hydrogen) atoms. The molecule has 1 aromatic carbocycles. The molecule has 0 spiro atoms. The summed E-state index contributed by atoms with van der Waals surface area (Å²) >= 11 is 3.33. The summed E-state index contributed by atoms with van der Waals surface area (Å²) in [6.07, 6.45) is 0.317. The Bertz CT molecular complexity index is 335. The number of hydrogen-bond acceptors (Lipinski definition) is 3. The van der Waals surface area contributed by atoms with Crippen molar-refractivity contribution in [3.05, 3.63) is 22.7 Å². The van der Waals surface area contributed by atoms with Gasteiger partial charge in [0.05, 0.1) is 23.2 Å². The fourth-order valence-electron chi connectivity index (χ4n) is 1.05. The largest absolute Gasteiger partial charge is 0.490 e. The Balaban J connectivity index is 2.54. The lowest BCUT2D eigenvalue weighted by Gasteiger charge is -2.09. The number of carbonyl (C=O) groups is 1. The highest BCUT2D eigenvalue weighted by atomic mass is 79.9. The third-order valence-corrected chi connectivity index (χ3v) is 2.48. The number of carbonyl (C=O) groups excluding carboxylic acids is 1. The monoisotopic (exact) mass is 272 g/mol. The van der Waals surface area contributed by atoms with Crippen LogP contribution in [0.3, 0.4) is 0 Å². The standard InChI is InChI=1S/C10H13BrN2O2/c1-13-9(14)5-6-15-10-7(11)3-2-4-8(10)12/h2-4H,5-6,12H2,1H3,(H,13,14). The van der Waals surface area contributed by atoms with Crippen LogP contribution in [0.15, 0.2) is 22.7 Å². The smallest absolute Gasteiger partial charge is 0.223 e. The van der Waals surface area contributed by atoms with Gasteiger partial charge >= 0.3 is 0 Å². The minimum Gasteiger partial charge on any atom is -0.490 e. The lowest BCUT2D eigenvalue weighted by Crippen LogP contribution is -2.20. The van der Waals surface area contributed by atoms with Gasteiger partial charge in [0.15, 0.2) is 5.75 Å². The second-order valence-electron chi connectivity index (χ2n) is 2.93. The molecule has 0 saturated carbocycles. The Morgan fingerprint density at radius 1 is 1.60 bits per heavy atom. The van der Waals surface area contributed by atoms with Gasteiger partial charge in [-0.15, -0.1) is 0 Å². The molecule has 0 aliphatic rings. The van der Waals surface area contributed by atoms with E-state index in [1.54, 1.807) is 13.1 Å². The molecule has 5 heteroatoms. The maximum absolute atomic E-state index is 10.9. The molecule has 0 heterocycles. The van der Waals surface area contributed by atoms with E-state index in [4.69, 9.17) is 10.5 Å². The third kappa shape index (κ3) is 3.43. The quantitative estimate of drug-likeness (QED) is 0.818. The predicted octanol–water partition coefficient (Wildman–Crippen LogP) is 1.55. The fraction of sp³-hybridized carbons (Fsp3) is 0.300. The van der Waals surface area contributed by atoms with E-state index in [1.807, 2.05) is 12.1 Å². The maximum atomic E-state index is 10.9. The molecule has 0 atom stereocenters. The molecule has 3 N–H and O–H groups in total. The fourth-order valence-corrected chi connectivity index (χ4v) is 1.54. The lowest BCUT2D eigenvalue weighted by molar-refractivity contribution is -0.121. The zero-order valence-electron chi connectivity index (χ0n) is 8.42. The molecule has 0 radical (unpaired) electrons. The van der Waals surface area contributed by atoms with Gasteiger partial charge in [-0.1, -0.05) is 6.07 Å². The second kappa shape index (κ2) is 5.60. The van der Waals surface area contributed by atoms with Gasteiger partial charge in [0.2, 0.25) is 5.91 Å². The van der Waals surface area contributed by atoms with Crippen molar-refractivity contribution in [3.8, 4) is 5.75 Å². The Morgan fingerprint density at radius 2 is 2.33 bits per heavy atom. The van der Waals surface area contributed by atoms with Crippen LogP contribution < -0.4 is 15.8 Å². The molecule has 0 aliphatic heterocycles. The van der Waals surface area contributed by atoms with Crippen LogP contribution in [0.5, 0.6) is 5.75 Å². The number of nitrogens with two attached hydrogens (primary N) is 1. The van der Waals surface area contributed by atoms with Crippen LogP contribution in [0.25, 0.3) is 0 Å². The number of rotatable bonds is 4. The highest BCUT2D eigenvalue weighted by molar-refractivity contribution is 9.10. The molecular formula is C10H13BrN2O2. The third-order valence-electron chi connectivity index (χ3n) is 1.85. The van der Waals surface area contributed by atoms with Crippen molar-refractivity contribution in [1.29, 1.82) is 0 Å². The van der Waals surface area contributed by atoms with Crippen molar-refractivity contribution >= 4 is 27.5 Å². The van der Waals surface area contributed by atoms with E-state index in [1.165, 1.54) is 0 Å². The number of halogens is 1. The molecule has 1 rings (SSSR count). The molecule has 1 amide bonds. The highest BCUT2D eigenvalue weighted by Crippen LogP contribution is 2.30. The van der Waals surface area contributed by atoms with Gasteiger partial charge in [0, 0.05) is 7.05 Å². The Labute approximate surface area is 96.9 Å². The summed E-state index contributed by atoms with van der Waals surface area (Å²) in [6.45, 7) is 0.312. The molecule has 0 aromatic heterocycles. The van der Waals surface area contributed by atoms with Crippen molar-refractivity contribution < 1.29 is 9.53 Å². The summed E-state index contributed by atoms with van der Waals surface area (Å²) in [4.78, 5) is 10.9. The number of nitrogen functional groups attached to an aromatic ring is 1. The van der Waals surface area contributed by atoms with E-state index in [-0.39, 0.29) is 5.91 Å². The number of amides is 1. The van der Waals surface area contributed by atoms with Crippen LogP contribution in [-0.2, 0) is 4.79 Å². The van der Waals surface area contributed by atoms with Crippen LogP contribution in [0, 0.1) is 0 Å². The van der Waals surface area contributed by atoms with Gasteiger partial charge in [-0.3, -0.25) is 4.79 Å². The molecule has 4 nitrogen and oxygen atoms in total. The summed E-state index contributed by atoms with van der Waals surface area (Å²) in [5, 5.41) is 2.52. The van der Waals surface area contributed by atoms with Gasteiger partial charge in [0.25, 0.3) is 0 Å². The lowest BCUT2D eigenvalue weighted by atomic mass is 10.3. The summed E-state index contributed by atoms with van der Waals surface area (Å²) in [5.41, 5.74) is 6.27. The Morgan fingerprint density at radius 3 is 2.93 bits per heavy atom. The number of hydrogen-bond donors (Lipinski definition) is 2. The van der Waals surface area contributed by atoms with Crippen molar-refractivity contribution in [1.82, 2.24) is 5.32 Å². The van der Waals surface area contributed by atoms with Crippen LogP contribution >= 0.6 is 15.9 Å². The first-order chi connectivity index (χ1) is 7.15.